The van der Waals surface area contributed by atoms with Gasteiger partial charge in [-0.05, 0) is 110 Å². The number of rotatable bonds is 19. The van der Waals surface area contributed by atoms with E-state index in [1.165, 1.54) is 72.8 Å². The summed E-state index contributed by atoms with van der Waals surface area (Å²) in [5.74, 6) is -9.63. The average molecular weight is 1160 g/mol. The predicted octanol–water partition coefficient (Wildman–Crippen LogP) is -1.71. The second kappa shape index (κ2) is 30.9. The second-order valence-electron chi connectivity index (χ2n) is 19.2. The van der Waals surface area contributed by atoms with Crippen LogP contribution >= 0.6 is 23.4 Å². The summed E-state index contributed by atoms with van der Waals surface area (Å²) in [5, 5.41) is 50.6. The van der Waals surface area contributed by atoms with Crippen LogP contribution in [0.3, 0.4) is 0 Å². The number of phenolic OH excluding ortho intramolecular Hbond substituents is 2. The predicted molar refractivity (Wildman–Crippen MR) is 299 cm³/mol. The molecule has 1 heterocycles. The number of nitrogens with two attached hydrogens (primary N) is 4. The van der Waals surface area contributed by atoms with Crippen molar-refractivity contribution in [3.63, 3.8) is 0 Å². The number of amides is 10. The van der Waals surface area contributed by atoms with Crippen LogP contribution in [0.1, 0.15) is 58.8 Å². The summed E-state index contributed by atoms with van der Waals surface area (Å²) in [6, 6.07) is 10.8. The number of aliphatic hydroxyl groups is 1. The number of benzene rings is 4. The van der Waals surface area contributed by atoms with E-state index in [1.54, 1.807) is 24.3 Å². The lowest BCUT2D eigenvalue weighted by atomic mass is 10.00. The highest BCUT2D eigenvalue weighted by molar-refractivity contribution is 8.13. The lowest BCUT2D eigenvalue weighted by Gasteiger charge is -2.28. The molecular weight excluding hydrogens is 1090 g/mol. The summed E-state index contributed by atoms with van der Waals surface area (Å²) >= 11 is 6.45. The molecule has 9 atom stereocenters. The Labute approximate surface area is 475 Å². The fourth-order valence-electron chi connectivity index (χ4n) is 8.22. The van der Waals surface area contributed by atoms with Crippen LogP contribution in [-0.2, 0) is 64.0 Å². The van der Waals surface area contributed by atoms with Crippen LogP contribution in [0, 0.1) is 0 Å². The fourth-order valence-corrected chi connectivity index (χ4v) is 9.09. The Balaban J connectivity index is 1.58. The van der Waals surface area contributed by atoms with E-state index >= 15 is 0 Å². The summed E-state index contributed by atoms with van der Waals surface area (Å²) in [6.07, 6.45) is -1.98. The molecule has 0 spiro atoms. The third-order valence-corrected chi connectivity index (χ3v) is 14.0. The zero-order valence-electron chi connectivity index (χ0n) is 44.0. The average Bonchev–Trinajstić information content (AvgIpc) is 3.44. The molecule has 0 aromatic heterocycles. The number of unbranched alkanes of at least 4 members (excludes halogenated alkanes) is 1. The van der Waals surface area contributed by atoms with E-state index in [0.717, 1.165) is 6.92 Å². The molecule has 25 nitrogen and oxygen atoms in total. The highest BCUT2D eigenvalue weighted by Gasteiger charge is 2.37. The van der Waals surface area contributed by atoms with E-state index in [0.29, 0.717) is 45.5 Å². The molecule has 4 aromatic carbocycles. The number of carbonyl (C=O) groups is 10. The topological polar surface area (TPSA) is 432 Å². The molecule has 0 aliphatic carbocycles. The number of primary amides is 2. The van der Waals surface area contributed by atoms with Gasteiger partial charge in [0, 0.05) is 42.1 Å². The molecular formula is C54H67ClN12O13S. The fraction of sp³-hybridized carbons (Fsp3) is 0.370. The number of phenols is 2. The van der Waals surface area contributed by atoms with Gasteiger partial charge in [0.25, 0.3) is 5.24 Å². The van der Waals surface area contributed by atoms with Crippen molar-refractivity contribution in [3.8, 4) is 11.5 Å². The van der Waals surface area contributed by atoms with E-state index in [1.807, 2.05) is 0 Å². The van der Waals surface area contributed by atoms with Crippen molar-refractivity contribution in [1.82, 2.24) is 42.5 Å². The molecule has 19 N–H and O–H groups in total. The van der Waals surface area contributed by atoms with Crippen molar-refractivity contribution >= 4 is 81.8 Å². The van der Waals surface area contributed by atoms with Crippen LogP contribution in [0.2, 0.25) is 5.02 Å². The summed E-state index contributed by atoms with van der Waals surface area (Å²) < 4.78 is 0. The summed E-state index contributed by atoms with van der Waals surface area (Å²) in [4.78, 5) is 139. The Morgan fingerprint density at radius 3 is 1.72 bits per heavy atom. The summed E-state index contributed by atoms with van der Waals surface area (Å²) in [6.45, 7) is 0.657. The van der Waals surface area contributed by atoms with E-state index < -0.39 is 125 Å². The minimum absolute atomic E-state index is 0.0359. The maximum absolute atomic E-state index is 14.7. The lowest BCUT2D eigenvalue weighted by molar-refractivity contribution is -0.136. The quantitative estimate of drug-likeness (QED) is 0.0465. The van der Waals surface area contributed by atoms with Crippen LogP contribution in [0.4, 0.5) is 4.79 Å². The number of hydrogen-bond donors (Lipinski definition) is 15. The minimum Gasteiger partial charge on any atom is -0.508 e. The SMILES string of the molecule is CC(O)[C@@H]1NC(=O)[C@H](CCCCN)NC(=O)[C@@H](Cc2ccc(C(N)=O)cc2)NC(=O)[C@H](Cc2ccc(O)cc2)NC(=O)[C@H](NC(=O)[C@@H](N)Cc2ccc(Cl)cc2)CNC(=O)SC[C@@H](C(=O)N[C@H](Cc2ccc(O)cc2)C(N)=O)NC1=O. The number of hydrogen-bond acceptors (Lipinski definition) is 16. The first-order chi connectivity index (χ1) is 38.5. The molecule has 1 fully saturated rings. The maximum atomic E-state index is 14.7. The van der Waals surface area contributed by atoms with Crippen LogP contribution in [0.25, 0.3) is 0 Å². The first kappa shape index (κ1) is 63.5. The number of aromatic hydroxyl groups is 2. The van der Waals surface area contributed by atoms with Gasteiger partial charge in [-0.25, -0.2) is 0 Å². The molecule has 1 aliphatic heterocycles. The van der Waals surface area contributed by atoms with E-state index in [9.17, 15) is 63.3 Å². The molecule has 0 saturated carbocycles. The highest BCUT2D eigenvalue weighted by Crippen LogP contribution is 2.17. The normalized spacial score (nSPS) is 20.9. The first-order valence-corrected chi connectivity index (χ1v) is 27.0. The van der Waals surface area contributed by atoms with Crippen molar-refractivity contribution < 1.29 is 63.3 Å². The van der Waals surface area contributed by atoms with Gasteiger partial charge in [-0.2, -0.15) is 0 Å². The number of nitrogens with one attached hydrogen (secondary N) is 8. The van der Waals surface area contributed by atoms with Gasteiger partial charge in [-0.15, -0.1) is 0 Å². The Kier molecular flexibility index (Phi) is 24.2. The molecule has 4 aromatic rings. The molecule has 5 rings (SSSR count). The van der Waals surface area contributed by atoms with Crippen molar-refractivity contribution in [1.29, 1.82) is 0 Å². The molecule has 81 heavy (non-hydrogen) atoms. The van der Waals surface area contributed by atoms with Crippen molar-refractivity contribution in [2.45, 2.75) is 106 Å². The zero-order valence-corrected chi connectivity index (χ0v) is 45.6. The van der Waals surface area contributed by atoms with Crippen LogP contribution in [0.15, 0.2) is 97.1 Å². The Morgan fingerprint density at radius 1 is 0.667 bits per heavy atom. The first-order valence-electron chi connectivity index (χ1n) is 25.6. The zero-order chi connectivity index (χ0) is 59.3. The molecule has 0 radical (unpaired) electrons. The van der Waals surface area contributed by atoms with Gasteiger partial charge in [0.05, 0.1) is 12.1 Å². The van der Waals surface area contributed by atoms with Gasteiger partial charge in [0.1, 0.15) is 53.8 Å². The molecule has 0 bridgehead atoms. The lowest BCUT2D eigenvalue weighted by Crippen LogP contribution is -2.62. The van der Waals surface area contributed by atoms with Gasteiger partial charge in [-0.3, -0.25) is 47.9 Å². The molecule has 434 valence electrons. The van der Waals surface area contributed by atoms with Gasteiger partial charge in [0.2, 0.25) is 53.2 Å². The van der Waals surface area contributed by atoms with E-state index in [4.69, 9.17) is 34.5 Å². The standard InChI is InChI=1S/C54H67ClN12O13S/c1-28(68)44-53(79)66-43(52(78)62-39(46(59)72)23-31-9-17-35(69)18-10-31)27-81-54(80)60-26-42(65-47(73)37(57)22-29-7-15-34(55)16-8-29)51(77)64-41(25-32-11-19-36(70)20-12-32)50(76)63-40(24-30-5-13-33(14-6-30)45(58)71)49(75)61-38(48(74)67-44)4-2-3-21-56/h5-20,28,37-44,68-70H,2-4,21-27,56-57H2,1H3,(H2,58,71)(H2,59,72)(H,60,80)(H,61,75)(H,62,78)(H,63,76)(H,64,77)(H,65,73)(H,66,79)(H,67,74)/t28?,37-,38-,39+,40+,41-,42+,43-,44-/m0/s1. The van der Waals surface area contributed by atoms with E-state index in [2.05, 4.69) is 42.5 Å². The van der Waals surface area contributed by atoms with Crippen LogP contribution < -0.4 is 65.5 Å². The number of halogens is 1. The molecule has 27 heteroatoms. The van der Waals surface area contributed by atoms with Gasteiger partial charge in [-0.1, -0.05) is 71.9 Å². The van der Waals surface area contributed by atoms with Gasteiger partial charge in [0.15, 0.2) is 0 Å². The second-order valence-corrected chi connectivity index (χ2v) is 20.6. The number of thioether (sulfide) groups is 1. The Bertz CT molecular complexity index is 2870. The monoisotopic (exact) mass is 1160 g/mol. The number of aliphatic hydroxyl groups excluding tert-OH is 1. The minimum atomic E-state index is -1.84. The van der Waals surface area contributed by atoms with Crippen molar-refractivity contribution in [2.24, 2.45) is 22.9 Å². The molecule has 1 saturated heterocycles. The van der Waals surface area contributed by atoms with Crippen LogP contribution in [0.5, 0.6) is 11.5 Å². The molecule has 10 amide bonds. The summed E-state index contributed by atoms with van der Waals surface area (Å²) in [5.41, 5.74) is 25.2. The Morgan fingerprint density at radius 2 is 1.17 bits per heavy atom. The van der Waals surface area contributed by atoms with Gasteiger partial charge < -0.3 is 80.8 Å². The third-order valence-electron chi connectivity index (χ3n) is 12.8. The number of carbonyl (C=O) groups excluding carboxylic acids is 10. The Hall–Kier alpha value is -8.30. The van der Waals surface area contributed by atoms with Crippen molar-refractivity contribution in [3.05, 3.63) is 130 Å². The smallest absolute Gasteiger partial charge is 0.279 e. The molecule has 1 aliphatic rings. The van der Waals surface area contributed by atoms with Crippen LogP contribution in [-0.4, -0.2) is 147 Å². The summed E-state index contributed by atoms with van der Waals surface area (Å²) in [7, 11) is 0. The van der Waals surface area contributed by atoms with Gasteiger partial charge >= 0.3 is 0 Å². The molecule has 1 unspecified atom stereocenters. The highest BCUT2D eigenvalue weighted by atomic mass is 35.5. The largest absolute Gasteiger partial charge is 0.508 e. The van der Waals surface area contributed by atoms with E-state index in [-0.39, 0.29) is 62.1 Å². The third kappa shape index (κ3) is 20.4. The van der Waals surface area contributed by atoms with Crippen molar-refractivity contribution in [2.75, 3.05) is 18.8 Å². The maximum Gasteiger partial charge on any atom is 0.279 e.